The average Bonchev–Trinajstić information content (AvgIpc) is 2.76. The van der Waals surface area contributed by atoms with Gasteiger partial charge in [0, 0.05) is 35.9 Å². The Balaban J connectivity index is 1.95. The van der Waals surface area contributed by atoms with E-state index in [1.807, 2.05) is 17.0 Å². The molecule has 1 atom stereocenters. The van der Waals surface area contributed by atoms with Gasteiger partial charge in [-0.1, -0.05) is 30.5 Å². The average molecular weight is 343 g/mol. The molecule has 1 fully saturated rings. The van der Waals surface area contributed by atoms with E-state index < -0.39 is 10.8 Å². The zero-order valence-corrected chi connectivity index (χ0v) is 14.5. The molecule has 4 nitrogen and oxygen atoms in total. The van der Waals surface area contributed by atoms with Crippen LogP contribution in [0.15, 0.2) is 18.2 Å². The standard InChI is InChI=1S/C16H23ClN2O2S/c1-22(21)12-13-6-7-14(17)15(10-13)18-11-16(20)19-8-4-2-3-5-9-19/h6-7,10,18H,2-5,8-9,11-12H2,1H3/t22-/m0/s1. The van der Waals surface area contributed by atoms with Gasteiger partial charge in [0.1, 0.15) is 0 Å². The van der Waals surface area contributed by atoms with Crippen molar-refractivity contribution in [2.45, 2.75) is 31.4 Å². The summed E-state index contributed by atoms with van der Waals surface area (Å²) in [6.45, 7) is 1.95. The second-order valence-electron chi connectivity index (χ2n) is 5.68. The molecule has 2 rings (SSSR count). The summed E-state index contributed by atoms with van der Waals surface area (Å²) < 4.78 is 11.3. The van der Waals surface area contributed by atoms with Gasteiger partial charge in [-0.15, -0.1) is 0 Å². The van der Waals surface area contributed by atoms with Crippen LogP contribution in [0.3, 0.4) is 0 Å². The molecule has 1 heterocycles. The van der Waals surface area contributed by atoms with Crippen LogP contribution in [0.5, 0.6) is 0 Å². The van der Waals surface area contributed by atoms with Crippen molar-refractivity contribution in [3.63, 3.8) is 0 Å². The number of halogens is 1. The summed E-state index contributed by atoms with van der Waals surface area (Å²) in [4.78, 5) is 14.2. The van der Waals surface area contributed by atoms with Crippen molar-refractivity contribution in [1.82, 2.24) is 4.90 Å². The third-order valence-electron chi connectivity index (χ3n) is 3.79. The topological polar surface area (TPSA) is 49.4 Å². The van der Waals surface area contributed by atoms with Gasteiger partial charge in [-0.05, 0) is 30.5 Å². The van der Waals surface area contributed by atoms with Gasteiger partial charge in [-0.2, -0.15) is 0 Å². The first-order valence-corrected chi connectivity index (χ1v) is 9.77. The third kappa shape index (κ3) is 5.29. The van der Waals surface area contributed by atoms with Crippen molar-refractivity contribution in [3.8, 4) is 0 Å². The quantitative estimate of drug-likeness (QED) is 0.894. The van der Waals surface area contributed by atoms with E-state index in [-0.39, 0.29) is 12.5 Å². The molecule has 1 aromatic carbocycles. The normalized spacial score (nSPS) is 16.9. The fourth-order valence-electron chi connectivity index (χ4n) is 2.64. The number of amides is 1. The Bertz CT molecular complexity index is 543. The summed E-state index contributed by atoms with van der Waals surface area (Å²) in [7, 11) is -0.896. The van der Waals surface area contributed by atoms with Crippen molar-refractivity contribution in [1.29, 1.82) is 0 Å². The maximum Gasteiger partial charge on any atom is 0.241 e. The maximum absolute atomic E-state index is 12.3. The minimum atomic E-state index is -0.896. The number of nitrogens with one attached hydrogen (secondary N) is 1. The van der Waals surface area contributed by atoms with Gasteiger partial charge in [-0.25, -0.2) is 0 Å². The van der Waals surface area contributed by atoms with E-state index in [4.69, 9.17) is 11.6 Å². The predicted octanol–water partition coefficient (Wildman–Crippen LogP) is 3.03. The summed E-state index contributed by atoms with van der Waals surface area (Å²) in [6.07, 6.45) is 6.26. The zero-order chi connectivity index (χ0) is 15.9. The number of likely N-dealkylation sites (tertiary alicyclic amines) is 1. The summed E-state index contributed by atoms with van der Waals surface area (Å²) in [5.41, 5.74) is 1.68. The minimum absolute atomic E-state index is 0.113. The maximum atomic E-state index is 12.3. The van der Waals surface area contributed by atoms with Crippen LogP contribution in [0, 0.1) is 0 Å². The lowest BCUT2D eigenvalue weighted by Crippen LogP contribution is -2.36. The summed E-state index contributed by atoms with van der Waals surface area (Å²) >= 11 is 6.16. The van der Waals surface area contributed by atoms with E-state index in [9.17, 15) is 9.00 Å². The molecule has 0 unspecified atom stereocenters. The molecular formula is C16H23ClN2O2S. The number of hydrogen-bond acceptors (Lipinski definition) is 3. The van der Waals surface area contributed by atoms with Gasteiger partial charge in [-0.3, -0.25) is 9.00 Å². The van der Waals surface area contributed by atoms with Crippen molar-refractivity contribution in [2.75, 3.05) is 31.2 Å². The van der Waals surface area contributed by atoms with Crippen LogP contribution in [0.2, 0.25) is 5.02 Å². The lowest BCUT2D eigenvalue weighted by Gasteiger charge is -2.21. The molecule has 1 aromatic rings. The highest BCUT2D eigenvalue weighted by atomic mass is 35.5. The number of anilines is 1. The number of nitrogens with zero attached hydrogens (tertiary/aromatic N) is 1. The SMILES string of the molecule is C[S@](=O)Cc1ccc(Cl)c(NCC(=O)N2CCCCCC2)c1. The van der Waals surface area contributed by atoms with Crippen LogP contribution in [0.4, 0.5) is 5.69 Å². The van der Waals surface area contributed by atoms with Crippen molar-refractivity contribution < 1.29 is 9.00 Å². The van der Waals surface area contributed by atoms with Gasteiger partial charge in [0.25, 0.3) is 0 Å². The van der Waals surface area contributed by atoms with E-state index in [0.717, 1.165) is 37.2 Å². The molecule has 0 saturated carbocycles. The van der Waals surface area contributed by atoms with Crippen molar-refractivity contribution in [3.05, 3.63) is 28.8 Å². The molecule has 22 heavy (non-hydrogen) atoms. The van der Waals surface area contributed by atoms with E-state index in [1.54, 1.807) is 12.3 Å². The number of carbonyl (C=O) groups is 1. The van der Waals surface area contributed by atoms with Crippen molar-refractivity contribution >= 4 is 34.0 Å². The first-order chi connectivity index (χ1) is 10.6. The van der Waals surface area contributed by atoms with Gasteiger partial charge < -0.3 is 10.2 Å². The molecule has 1 saturated heterocycles. The molecule has 1 N–H and O–H groups in total. The van der Waals surface area contributed by atoms with E-state index >= 15 is 0 Å². The first kappa shape index (κ1) is 17.3. The van der Waals surface area contributed by atoms with Gasteiger partial charge in [0.15, 0.2) is 0 Å². The van der Waals surface area contributed by atoms with Gasteiger partial charge in [0.05, 0.1) is 17.3 Å². The number of rotatable bonds is 5. The van der Waals surface area contributed by atoms with Crippen LogP contribution >= 0.6 is 11.6 Å². The molecule has 122 valence electrons. The molecule has 1 aliphatic heterocycles. The molecule has 0 aliphatic carbocycles. The smallest absolute Gasteiger partial charge is 0.241 e. The van der Waals surface area contributed by atoms with Crippen LogP contribution in [-0.4, -0.2) is 40.9 Å². The molecular weight excluding hydrogens is 320 g/mol. The van der Waals surface area contributed by atoms with Crippen LogP contribution in [-0.2, 0) is 21.3 Å². The van der Waals surface area contributed by atoms with Crippen molar-refractivity contribution in [2.24, 2.45) is 0 Å². The first-order valence-electron chi connectivity index (χ1n) is 7.66. The van der Waals surface area contributed by atoms with Crippen LogP contribution in [0.1, 0.15) is 31.2 Å². The lowest BCUT2D eigenvalue weighted by atomic mass is 10.2. The molecule has 0 radical (unpaired) electrons. The molecule has 0 aromatic heterocycles. The summed E-state index contributed by atoms with van der Waals surface area (Å²) in [5.74, 6) is 0.605. The fourth-order valence-corrected chi connectivity index (χ4v) is 3.47. The highest BCUT2D eigenvalue weighted by Crippen LogP contribution is 2.23. The second-order valence-corrected chi connectivity index (χ2v) is 7.52. The Morgan fingerprint density at radius 2 is 1.95 bits per heavy atom. The van der Waals surface area contributed by atoms with E-state index in [2.05, 4.69) is 5.32 Å². The van der Waals surface area contributed by atoms with Gasteiger partial charge in [0.2, 0.25) is 5.91 Å². The molecule has 0 spiro atoms. The van der Waals surface area contributed by atoms with E-state index in [0.29, 0.717) is 10.8 Å². The number of carbonyl (C=O) groups excluding carboxylic acids is 1. The molecule has 6 heteroatoms. The Morgan fingerprint density at radius 1 is 1.27 bits per heavy atom. The molecule has 1 amide bonds. The number of hydrogen-bond donors (Lipinski definition) is 1. The Labute approximate surface area is 139 Å². The Kier molecular flexibility index (Phi) is 6.70. The predicted molar refractivity (Wildman–Crippen MR) is 92.8 cm³/mol. The number of benzene rings is 1. The zero-order valence-electron chi connectivity index (χ0n) is 12.9. The Morgan fingerprint density at radius 3 is 2.59 bits per heavy atom. The second kappa shape index (κ2) is 8.53. The monoisotopic (exact) mass is 342 g/mol. The third-order valence-corrected chi connectivity index (χ3v) is 4.86. The highest BCUT2D eigenvalue weighted by molar-refractivity contribution is 7.83. The van der Waals surface area contributed by atoms with Crippen LogP contribution in [0.25, 0.3) is 0 Å². The largest absolute Gasteiger partial charge is 0.375 e. The lowest BCUT2D eigenvalue weighted by molar-refractivity contribution is -0.129. The fraction of sp³-hybridized carbons (Fsp3) is 0.562. The minimum Gasteiger partial charge on any atom is -0.375 e. The summed E-state index contributed by atoms with van der Waals surface area (Å²) in [6, 6.07) is 5.52. The van der Waals surface area contributed by atoms with Gasteiger partial charge >= 0.3 is 0 Å². The van der Waals surface area contributed by atoms with Crippen LogP contribution < -0.4 is 5.32 Å². The summed E-state index contributed by atoms with van der Waals surface area (Å²) in [5, 5.41) is 3.70. The molecule has 0 bridgehead atoms. The Hall–Kier alpha value is -1.07. The highest BCUT2D eigenvalue weighted by Gasteiger charge is 2.15. The van der Waals surface area contributed by atoms with E-state index in [1.165, 1.54) is 12.8 Å². The molecule has 1 aliphatic rings.